The Balaban J connectivity index is 1.79. The van der Waals surface area contributed by atoms with E-state index in [4.69, 9.17) is 0 Å². The summed E-state index contributed by atoms with van der Waals surface area (Å²) in [5.41, 5.74) is 1.35. The second kappa shape index (κ2) is 8.09. The fourth-order valence-corrected chi connectivity index (χ4v) is 3.19. The molecule has 0 aliphatic rings. The molecule has 0 aliphatic carbocycles. The number of halogens is 2. The second-order valence-corrected chi connectivity index (χ2v) is 6.69. The van der Waals surface area contributed by atoms with Crippen LogP contribution in [0, 0.1) is 11.6 Å². The van der Waals surface area contributed by atoms with Gasteiger partial charge in [0.15, 0.2) is 0 Å². The number of benzene rings is 2. The SMILES string of the molecule is CN(Cc1ccc(F)cc1F)C(=O)c1ccccc1NC(=O)c1ccsc1. The van der Waals surface area contributed by atoms with Crippen LogP contribution in [0.15, 0.2) is 59.3 Å². The molecule has 1 heterocycles. The molecule has 0 saturated heterocycles. The van der Waals surface area contributed by atoms with Crippen molar-refractivity contribution < 1.29 is 18.4 Å². The Labute approximate surface area is 159 Å². The molecular formula is C20H16F2N2O2S. The Morgan fingerprint density at radius 3 is 2.59 bits per heavy atom. The molecule has 7 heteroatoms. The first-order valence-electron chi connectivity index (χ1n) is 8.07. The Bertz CT molecular complexity index is 974. The lowest BCUT2D eigenvalue weighted by Gasteiger charge is -2.19. The molecule has 0 radical (unpaired) electrons. The van der Waals surface area contributed by atoms with E-state index in [1.165, 1.54) is 29.4 Å². The summed E-state index contributed by atoms with van der Waals surface area (Å²) < 4.78 is 26.9. The molecule has 1 N–H and O–H groups in total. The van der Waals surface area contributed by atoms with Crippen molar-refractivity contribution in [3.63, 3.8) is 0 Å². The zero-order valence-corrected chi connectivity index (χ0v) is 15.2. The first-order chi connectivity index (χ1) is 13.0. The molecule has 0 bridgehead atoms. The lowest BCUT2D eigenvalue weighted by Crippen LogP contribution is -2.28. The second-order valence-electron chi connectivity index (χ2n) is 5.91. The quantitative estimate of drug-likeness (QED) is 0.699. The first kappa shape index (κ1) is 18.7. The summed E-state index contributed by atoms with van der Waals surface area (Å²) in [6, 6.07) is 11.5. The first-order valence-corrected chi connectivity index (χ1v) is 9.02. The third kappa shape index (κ3) is 4.38. The molecule has 2 aromatic carbocycles. The van der Waals surface area contributed by atoms with Crippen LogP contribution in [0.25, 0.3) is 0 Å². The third-order valence-electron chi connectivity index (χ3n) is 3.96. The smallest absolute Gasteiger partial charge is 0.256 e. The van der Waals surface area contributed by atoms with Crippen molar-refractivity contribution in [2.75, 3.05) is 12.4 Å². The minimum atomic E-state index is -0.714. The standard InChI is InChI=1S/C20H16F2N2O2S/c1-24(11-13-6-7-15(21)10-17(13)22)20(26)16-4-2-3-5-18(16)23-19(25)14-8-9-27-12-14/h2-10,12H,11H2,1H3,(H,23,25). The number of amides is 2. The summed E-state index contributed by atoms with van der Waals surface area (Å²) in [5, 5.41) is 6.23. The van der Waals surface area contributed by atoms with Crippen molar-refractivity contribution in [1.82, 2.24) is 4.90 Å². The maximum atomic E-state index is 13.9. The van der Waals surface area contributed by atoms with Crippen molar-refractivity contribution in [3.8, 4) is 0 Å². The van der Waals surface area contributed by atoms with Crippen molar-refractivity contribution >= 4 is 28.8 Å². The van der Waals surface area contributed by atoms with Crippen molar-refractivity contribution in [2.45, 2.75) is 6.54 Å². The summed E-state index contributed by atoms with van der Waals surface area (Å²) in [4.78, 5) is 26.4. The summed E-state index contributed by atoms with van der Waals surface area (Å²) in [6.07, 6.45) is 0. The van der Waals surface area contributed by atoms with Gasteiger partial charge in [0.2, 0.25) is 0 Å². The van der Waals surface area contributed by atoms with E-state index in [0.29, 0.717) is 11.3 Å². The van der Waals surface area contributed by atoms with E-state index in [1.807, 2.05) is 0 Å². The van der Waals surface area contributed by atoms with Crippen LogP contribution in [0.3, 0.4) is 0 Å². The van der Waals surface area contributed by atoms with Gasteiger partial charge in [0.05, 0.1) is 16.8 Å². The number of para-hydroxylation sites is 1. The highest BCUT2D eigenvalue weighted by molar-refractivity contribution is 7.08. The van der Waals surface area contributed by atoms with Crippen molar-refractivity contribution in [2.24, 2.45) is 0 Å². The Hall–Kier alpha value is -3.06. The molecule has 0 saturated carbocycles. The Morgan fingerprint density at radius 2 is 1.89 bits per heavy atom. The molecule has 3 rings (SSSR count). The number of nitrogens with zero attached hydrogens (tertiary/aromatic N) is 1. The number of thiophene rings is 1. The molecule has 4 nitrogen and oxygen atoms in total. The van der Waals surface area contributed by atoms with E-state index in [1.54, 1.807) is 41.1 Å². The summed E-state index contributed by atoms with van der Waals surface area (Å²) in [5.74, 6) is -2.09. The van der Waals surface area contributed by atoms with Crippen LogP contribution in [0.4, 0.5) is 14.5 Å². The summed E-state index contributed by atoms with van der Waals surface area (Å²) >= 11 is 1.40. The number of carbonyl (C=O) groups excluding carboxylic acids is 2. The van der Waals surface area contributed by atoms with E-state index in [2.05, 4.69) is 5.32 Å². The van der Waals surface area contributed by atoms with Crippen LogP contribution < -0.4 is 5.32 Å². The topological polar surface area (TPSA) is 49.4 Å². The van der Waals surface area contributed by atoms with Gasteiger partial charge in [-0.3, -0.25) is 9.59 Å². The van der Waals surface area contributed by atoms with Gasteiger partial charge in [-0.25, -0.2) is 8.78 Å². The molecular weight excluding hydrogens is 370 g/mol. The fourth-order valence-electron chi connectivity index (χ4n) is 2.55. The van der Waals surface area contributed by atoms with Gasteiger partial charge < -0.3 is 10.2 Å². The molecule has 0 atom stereocenters. The Morgan fingerprint density at radius 1 is 1.11 bits per heavy atom. The molecule has 138 valence electrons. The van der Waals surface area contributed by atoms with E-state index in [9.17, 15) is 18.4 Å². The maximum Gasteiger partial charge on any atom is 0.256 e. The maximum absolute atomic E-state index is 13.9. The Kier molecular flexibility index (Phi) is 5.61. The van der Waals surface area contributed by atoms with Crippen LogP contribution in [0.5, 0.6) is 0 Å². The minimum absolute atomic E-state index is 0.0300. The third-order valence-corrected chi connectivity index (χ3v) is 4.64. The highest BCUT2D eigenvalue weighted by atomic mass is 32.1. The van der Waals surface area contributed by atoms with Gasteiger partial charge in [0, 0.05) is 30.6 Å². The highest BCUT2D eigenvalue weighted by Gasteiger charge is 2.19. The van der Waals surface area contributed by atoms with Gasteiger partial charge in [0.1, 0.15) is 11.6 Å². The summed E-state index contributed by atoms with van der Waals surface area (Å²) in [7, 11) is 1.52. The molecule has 0 fully saturated rings. The van der Waals surface area contributed by atoms with E-state index in [0.717, 1.165) is 12.1 Å². The lowest BCUT2D eigenvalue weighted by atomic mass is 10.1. The molecule has 27 heavy (non-hydrogen) atoms. The van der Waals surface area contributed by atoms with Crippen LogP contribution in [-0.2, 0) is 6.54 Å². The highest BCUT2D eigenvalue weighted by Crippen LogP contribution is 2.20. The average molecular weight is 386 g/mol. The molecule has 1 aromatic heterocycles. The number of hydrogen-bond acceptors (Lipinski definition) is 3. The zero-order valence-electron chi connectivity index (χ0n) is 14.4. The van der Waals surface area contributed by atoms with Crippen LogP contribution >= 0.6 is 11.3 Å². The molecule has 0 unspecified atom stereocenters. The van der Waals surface area contributed by atoms with Gasteiger partial charge in [-0.05, 0) is 29.6 Å². The van der Waals surface area contributed by atoms with Gasteiger partial charge in [0.25, 0.3) is 11.8 Å². The van der Waals surface area contributed by atoms with E-state index in [-0.39, 0.29) is 29.5 Å². The molecule has 2 amide bonds. The van der Waals surface area contributed by atoms with Gasteiger partial charge >= 0.3 is 0 Å². The summed E-state index contributed by atoms with van der Waals surface area (Å²) in [6.45, 7) is -0.0300. The molecule has 3 aromatic rings. The number of anilines is 1. The van der Waals surface area contributed by atoms with Crippen molar-refractivity contribution in [1.29, 1.82) is 0 Å². The number of nitrogens with one attached hydrogen (secondary N) is 1. The monoisotopic (exact) mass is 386 g/mol. The zero-order chi connectivity index (χ0) is 19.4. The van der Waals surface area contributed by atoms with Gasteiger partial charge in [-0.1, -0.05) is 18.2 Å². The number of rotatable bonds is 5. The van der Waals surface area contributed by atoms with Crippen LogP contribution in [0.1, 0.15) is 26.3 Å². The van der Waals surface area contributed by atoms with E-state index < -0.39 is 11.6 Å². The van der Waals surface area contributed by atoms with Crippen LogP contribution in [0.2, 0.25) is 0 Å². The molecule has 0 spiro atoms. The van der Waals surface area contributed by atoms with Crippen LogP contribution in [-0.4, -0.2) is 23.8 Å². The van der Waals surface area contributed by atoms with Gasteiger partial charge in [-0.15, -0.1) is 0 Å². The largest absolute Gasteiger partial charge is 0.337 e. The van der Waals surface area contributed by atoms with Gasteiger partial charge in [-0.2, -0.15) is 11.3 Å². The number of hydrogen-bond donors (Lipinski definition) is 1. The van der Waals surface area contributed by atoms with Crippen molar-refractivity contribution in [3.05, 3.63) is 87.6 Å². The predicted octanol–water partition coefficient (Wildman–Crippen LogP) is 4.55. The average Bonchev–Trinajstić information content (AvgIpc) is 3.19. The normalized spacial score (nSPS) is 10.5. The molecule has 0 aliphatic heterocycles. The number of carbonyl (C=O) groups is 2. The predicted molar refractivity (Wildman–Crippen MR) is 101 cm³/mol. The fraction of sp³-hybridized carbons (Fsp3) is 0.100. The lowest BCUT2D eigenvalue weighted by molar-refractivity contribution is 0.0785. The minimum Gasteiger partial charge on any atom is -0.337 e. The van der Waals surface area contributed by atoms with E-state index >= 15 is 0 Å².